The molecule has 0 saturated carbocycles. The number of alkyl halides is 2. The van der Waals surface area contributed by atoms with Gasteiger partial charge < -0.3 is 15.4 Å². The summed E-state index contributed by atoms with van der Waals surface area (Å²) >= 11 is 0. The van der Waals surface area contributed by atoms with Crippen LogP contribution in [0.3, 0.4) is 0 Å². The van der Waals surface area contributed by atoms with E-state index >= 15 is 0 Å². The third-order valence-electron chi connectivity index (χ3n) is 4.59. The first-order valence-corrected chi connectivity index (χ1v) is 8.18. The van der Waals surface area contributed by atoms with Gasteiger partial charge in [-0.1, -0.05) is 42.5 Å². The number of para-hydroxylation sites is 1. The molecule has 140 valence electrons. The van der Waals surface area contributed by atoms with Gasteiger partial charge in [-0.15, -0.1) is 12.4 Å². The van der Waals surface area contributed by atoms with Crippen molar-refractivity contribution in [1.29, 1.82) is 0 Å². The van der Waals surface area contributed by atoms with Gasteiger partial charge in [0.05, 0.1) is 5.56 Å². The molecule has 1 aliphatic rings. The molecule has 1 saturated heterocycles. The lowest BCUT2D eigenvalue weighted by atomic mass is 9.89. The average molecular weight is 383 g/mol. The van der Waals surface area contributed by atoms with Crippen LogP contribution in [-0.4, -0.2) is 37.1 Å². The summed E-state index contributed by atoms with van der Waals surface area (Å²) in [7, 11) is 0. The van der Waals surface area contributed by atoms with Gasteiger partial charge in [-0.2, -0.15) is 8.78 Å². The summed E-state index contributed by atoms with van der Waals surface area (Å²) < 4.78 is 29.6. The molecule has 0 bridgehead atoms. The second-order valence-corrected chi connectivity index (χ2v) is 6.10. The number of amides is 1. The molecule has 0 spiro atoms. The molecule has 0 aliphatic carbocycles. The molecule has 0 radical (unpaired) electrons. The van der Waals surface area contributed by atoms with Crippen molar-refractivity contribution in [3.05, 3.63) is 65.7 Å². The molecule has 2 N–H and O–H groups in total. The monoisotopic (exact) mass is 382 g/mol. The highest BCUT2D eigenvalue weighted by atomic mass is 35.5. The van der Waals surface area contributed by atoms with Crippen LogP contribution in [0.2, 0.25) is 0 Å². The first-order valence-electron chi connectivity index (χ1n) is 8.18. The minimum Gasteiger partial charge on any atom is -0.434 e. The molecular formula is C19H21ClF2N2O2. The maximum Gasteiger partial charge on any atom is 0.387 e. The van der Waals surface area contributed by atoms with Crippen molar-refractivity contribution in [2.45, 2.75) is 12.5 Å². The van der Waals surface area contributed by atoms with Crippen LogP contribution >= 0.6 is 12.4 Å². The van der Waals surface area contributed by atoms with Gasteiger partial charge in [-0.05, 0) is 30.2 Å². The van der Waals surface area contributed by atoms with Crippen LogP contribution in [0.4, 0.5) is 8.78 Å². The van der Waals surface area contributed by atoms with Crippen LogP contribution in [0.15, 0.2) is 54.6 Å². The van der Waals surface area contributed by atoms with Gasteiger partial charge in [-0.25, -0.2) is 0 Å². The summed E-state index contributed by atoms with van der Waals surface area (Å²) in [6.07, 6.45) is 0. The lowest BCUT2D eigenvalue weighted by Gasteiger charge is -2.18. The number of hydrogen-bond acceptors (Lipinski definition) is 3. The smallest absolute Gasteiger partial charge is 0.387 e. The Morgan fingerprint density at radius 2 is 1.77 bits per heavy atom. The molecule has 3 rings (SSSR count). The Morgan fingerprint density at radius 1 is 1.12 bits per heavy atom. The minimum atomic E-state index is -2.97. The molecule has 26 heavy (non-hydrogen) atoms. The lowest BCUT2D eigenvalue weighted by Crippen LogP contribution is -2.30. The molecular weight excluding hydrogens is 362 g/mol. The Labute approximate surface area is 157 Å². The fourth-order valence-corrected chi connectivity index (χ4v) is 3.37. The Kier molecular flexibility index (Phi) is 6.94. The van der Waals surface area contributed by atoms with Crippen molar-refractivity contribution in [1.82, 2.24) is 4.90 Å². The normalized spacial score (nSPS) is 19.3. The predicted octanol–water partition coefficient (Wildman–Crippen LogP) is 3.52. The van der Waals surface area contributed by atoms with E-state index in [-0.39, 0.29) is 41.5 Å². The Hall–Kier alpha value is -2.18. The summed E-state index contributed by atoms with van der Waals surface area (Å²) in [5, 5.41) is 0. The van der Waals surface area contributed by atoms with E-state index < -0.39 is 6.61 Å². The van der Waals surface area contributed by atoms with Crippen LogP contribution in [-0.2, 0) is 0 Å². The summed E-state index contributed by atoms with van der Waals surface area (Å²) in [6.45, 7) is -1.51. The zero-order valence-electron chi connectivity index (χ0n) is 14.1. The van der Waals surface area contributed by atoms with Crippen LogP contribution in [0.5, 0.6) is 5.75 Å². The van der Waals surface area contributed by atoms with E-state index in [4.69, 9.17) is 5.73 Å². The van der Waals surface area contributed by atoms with Crippen molar-refractivity contribution in [2.24, 2.45) is 11.7 Å². The Bertz CT molecular complexity index is 730. The van der Waals surface area contributed by atoms with Gasteiger partial charge >= 0.3 is 6.61 Å². The van der Waals surface area contributed by atoms with Crippen LogP contribution in [0.1, 0.15) is 21.8 Å². The molecule has 1 fully saturated rings. The SMILES string of the molecule is Cl.NC[C@@H]1CN(C(=O)c2ccccc2OC(F)F)C[C@H]1c1ccccc1. The zero-order valence-corrected chi connectivity index (χ0v) is 14.9. The van der Waals surface area contributed by atoms with Gasteiger partial charge in [0.2, 0.25) is 0 Å². The topological polar surface area (TPSA) is 55.6 Å². The van der Waals surface area contributed by atoms with Crippen LogP contribution in [0, 0.1) is 5.92 Å². The standard InChI is InChI=1S/C19H20F2N2O2.ClH/c20-19(21)25-17-9-5-4-8-15(17)18(24)23-11-14(10-22)16(12-23)13-6-2-1-3-7-13;/h1-9,14,16,19H,10-12,22H2;1H/t14-,16+;/m1./s1. The molecule has 0 unspecified atom stereocenters. The highest BCUT2D eigenvalue weighted by molar-refractivity contribution is 5.97. The number of likely N-dealkylation sites (tertiary alicyclic amines) is 1. The number of benzene rings is 2. The first-order chi connectivity index (χ1) is 12.1. The molecule has 1 amide bonds. The molecule has 1 heterocycles. The number of nitrogens with two attached hydrogens (primary N) is 1. The van der Waals surface area contributed by atoms with Gasteiger partial charge in [-0.3, -0.25) is 4.79 Å². The van der Waals surface area contributed by atoms with Gasteiger partial charge in [0.1, 0.15) is 5.75 Å². The second kappa shape index (κ2) is 8.96. The summed E-state index contributed by atoms with van der Waals surface area (Å²) in [6, 6.07) is 16.0. The van der Waals surface area contributed by atoms with Crippen molar-refractivity contribution in [3.8, 4) is 5.75 Å². The maximum atomic E-state index is 12.8. The molecule has 2 aromatic rings. The minimum absolute atomic E-state index is 0. The second-order valence-electron chi connectivity index (χ2n) is 6.10. The average Bonchev–Trinajstić information content (AvgIpc) is 3.06. The zero-order chi connectivity index (χ0) is 17.8. The van der Waals surface area contributed by atoms with Gasteiger partial charge in [0, 0.05) is 19.0 Å². The van der Waals surface area contributed by atoms with Crippen LogP contribution in [0.25, 0.3) is 0 Å². The third-order valence-corrected chi connectivity index (χ3v) is 4.59. The molecule has 7 heteroatoms. The quantitative estimate of drug-likeness (QED) is 0.860. The highest BCUT2D eigenvalue weighted by Crippen LogP contribution is 2.34. The molecule has 2 aromatic carbocycles. The van der Waals surface area contributed by atoms with Crippen molar-refractivity contribution in [3.63, 3.8) is 0 Å². The fraction of sp³-hybridized carbons (Fsp3) is 0.316. The fourth-order valence-electron chi connectivity index (χ4n) is 3.37. The predicted molar refractivity (Wildman–Crippen MR) is 98.0 cm³/mol. The number of rotatable bonds is 5. The first kappa shape index (κ1) is 20.1. The Balaban J connectivity index is 0.00000243. The van der Waals surface area contributed by atoms with Crippen molar-refractivity contribution in [2.75, 3.05) is 19.6 Å². The van der Waals surface area contributed by atoms with E-state index in [9.17, 15) is 13.6 Å². The number of ether oxygens (including phenoxy) is 1. The largest absolute Gasteiger partial charge is 0.434 e. The molecule has 2 atom stereocenters. The van der Waals surface area contributed by atoms with E-state index in [1.807, 2.05) is 30.3 Å². The van der Waals surface area contributed by atoms with E-state index in [0.717, 1.165) is 5.56 Å². The van der Waals surface area contributed by atoms with Gasteiger partial charge in [0.15, 0.2) is 0 Å². The van der Waals surface area contributed by atoms with E-state index in [1.165, 1.54) is 12.1 Å². The Morgan fingerprint density at radius 3 is 2.42 bits per heavy atom. The van der Waals surface area contributed by atoms with E-state index in [2.05, 4.69) is 4.74 Å². The summed E-state index contributed by atoms with van der Waals surface area (Å²) in [5.74, 6) is -0.143. The third kappa shape index (κ3) is 4.31. The summed E-state index contributed by atoms with van der Waals surface area (Å²) in [5.41, 5.74) is 7.17. The number of carbonyl (C=O) groups excluding carboxylic acids is 1. The number of halogens is 3. The number of hydrogen-bond donors (Lipinski definition) is 1. The summed E-state index contributed by atoms with van der Waals surface area (Å²) in [4.78, 5) is 14.5. The number of carbonyl (C=O) groups is 1. The molecule has 0 aromatic heterocycles. The van der Waals surface area contributed by atoms with Crippen molar-refractivity contribution < 1.29 is 18.3 Å². The lowest BCUT2D eigenvalue weighted by molar-refractivity contribution is -0.0502. The van der Waals surface area contributed by atoms with E-state index in [1.54, 1.807) is 17.0 Å². The van der Waals surface area contributed by atoms with Gasteiger partial charge in [0.25, 0.3) is 5.91 Å². The maximum absolute atomic E-state index is 12.8. The van der Waals surface area contributed by atoms with Crippen molar-refractivity contribution >= 4 is 18.3 Å². The number of nitrogens with zero attached hydrogens (tertiary/aromatic N) is 1. The van der Waals surface area contributed by atoms with Crippen LogP contribution < -0.4 is 10.5 Å². The molecule has 1 aliphatic heterocycles. The highest BCUT2D eigenvalue weighted by Gasteiger charge is 2.36. The molecule has 4 nitrogen and oxygen atoms in total. The van der Waals surface area contributed by atoms with E-state index in [0.29, 0.717) is 19.6 Å².